The largest absolute Gasteiger partial charge is 0.435 e. The summed E-state index contributed by atoms with van der Waals surface area (Å²) in [4.78, 5) is 2.12. The van der Waals surface area contributed by atoms with Crippen LogP contribution in [0.15, 0.2) is 78.9 Å². The number of aryl methyl sites for hydroxylation is 1. The van der Waals surface area contributed by atoms with Crippen molar-refractivity contribution in [3.05, 3.63) is 107 Å². The molecule has 1 heterocycles. The molecular weight excluding hydrogens is 448 g/mol. The van der Waals surface area contributed by atoms with Gasteiger partial charge in [0, 0.05) is 25.2 Å². The van der Waals surface area contributed by atoms with Gasteiger partial charge in [0.1, 0.15) is 5.82 Å². The van der Waals surface area contributed by atoms with Crippen molar-refractivity contribution in [2.24, 2.45) is 0 Å². The molecule has 3 aromatic carbocycles. The van der Waals surface area contributed by atoms with Gasteiger partial charge in [0.15, 0.2) is 11.6 Å². The third-order valence-electron chi connectivity index (χ3n) is 5.92. The van der Waals surface area contributed by atoms with Crippen LogP contribution in [0.5, 0.6) is 11.6 Å². The van der Waals surface area contributed by atoms with E-state index in [1.165, 1.54) is 6.07 Å². The molecule has 182 valence electrons. The van der Waals surface area contributed by atoms with Crippen molar-refractivity contribution in [1.29, 1.82) is 0 Å². The molecule has 0 bridgehead atoms. The molecule has 1 atom stereocenters. The van der Waals surface area contributed by atoms with Gasteiger partial charge in [0.2, 0.25) is 5.88 Å². The maximum atomic E-state index is 14.5. The molecule has 0 aliphatic carbocycles. The lowest BCUT2D eigenvalue weighted by Crippen LogP contribution is -2.34. The lowest BCUT2D eigenvalue weighted by molar-refractivity contribution is 0.0902. The summed E-state index contributed by atoms with van der Waals surface area (Å²) in [6.45, 7) is 6.78. The number of rotatable bonds is 9. The minimum atomic E-state index is -0.797. The number of aromatic nitrogens is 2. The average Bonchev–Trinajstić information content (AvgIpc) is 3.16. The van der Waals surface area contributed by atoms with E-state index in [4.69, 9.17) is 4.74 Å². The van der Waals surface area contributed by atoms with Crippen molar-refractivity contribution >= 4 is 0 Å². The van der Waals surface area contributed by atoms with Crippen molar-refractivity contribution in [3.63, 3.8) is 0 Å². The molecule has 0 unspecified atom stereocenters. The van der Waals surface area contributed by atoms with E-state index in [2.05, 4.69) is 23.8 Å². The van der Waals surface area contributed by atoms with Crippen molar-refractivity contribution < 1.29 is 18.6 Å². The zero-order valence-electron chi connectivity index (χ0n) is 20.0. The van der Waals surface area contributed by atoms with E-state index in [0.29, 0.717) is 24.7 Å². The van der Waals surface area contributed by atoms with Crippen LogP contribution in [0.4, 0.5) is 8.78 Å². The number of aliphatic hydroxyl groups excluding tert-OH is 1. The maximum Gasteiger partial charge on any atom is 0.227 e. The van der Waals surface area contributed by atoms with E-state index < -0.39 is 17.7 Å². The quantitative estimate of drug-likeness (QED) is 0.312. The molecule has 0 aliphatic heterocycles. The van der Waals surface area contributed by atoms with Gasteiger partial charge in [-0.1, -0.05) is 48.5 Å². The van der Waals surface area contributed by atoms with Gasteiger partial charge < -0.3 is 9.84 Å². The SMILES string of the molecule is Cc1nn(-c2ccccc2)c(Oc2ccc(F)cc2F)c1CN(C[C@@H](O)c1ccccc1)C(C)C. The molecule has 1 N–H and O–H groups in total. The summed E-state index contributed by atoms with van der Waals surface area (Å²) in [6, 6.07) is 22.2. The molecule has 1 aromatic heterocycles. The van der Waals surface area contributed by atoms with Crippen LogP contribution >= 0.6 is 0 Å². The zero-order chi connectivity index (χ0) is 24.9. The zero-order valence-corrected chi connectivity index (χ0v) is 20.0. The summed E-state index contributed by atoms with van der Waals surface area (Å²) in [5, 5.41) is 15.5. The fraction of sp³-hybridized carbons (Fsp3) is 0.250. The van der Waals surface area contributed by atoms with Crippen LogP contribution in [0, 0.1) is 18.6 Å². The van der Waals surface area contributed by atoms with Crippen LogP contribution < -0.4 is 4.74 Å². The van der Waals surface area contributed by atoms with Gasteiger partial charge in [-0.25, -0.2) is 13.5 Å². The molecule has 0 radical (unpaired) electrons. The molecule has 0 aliphatic rings. The van der Waals surface area contributed by atoms with Gasteiger partial charge in [0.05, 0.1) is 23.0 Å². The minimum absolute atomic E-state index is 0.0925. The second-order valence-electron chi connectivity index (χ2n) is 8.74. The molecule has 0 saturated heterocycles. The number of aliphatic hydroxyl groups is 1. The Balaban J connectivity index is 1.71. The first-order valence-electron chi connectivity index (χ1n) is 11.6. The number of hydrogen-bond donors (Lipinski definition) is 1. The van der Waals surface area contributed by atoms with Crippen LogP contribution in [-0.2, 0) is 6.54 Å². The van der Waals surface area contributed by atoms with E-state index in [-0.39, 0.29) is 11.8 Å². The van der Waals surface area contributed by atoms with E-state index in [1.54, 1.807) is 4.68 Å². The van der Waals surface area contributed by atoms with Crippen LogP contribution in [0.1, 0.15) is 36.8 Å². The van der Waals surface area contributed by atoms with Crippen molar-refractivity contribution in [2.45, 2.75) is 39.5 Å². The fourth-order valence-corrected chi connectivity index (χ4v) is 3.90. The van der Waals surface area contributed by atoms with E-state index in [0.717, 1.165) is 28.9 Å². The van der Waals surface area contributed by atoms with Crippen LogP contribution in [0.3, 0.4) is 0 Å². The van der Waals surface area contributed by atoms with Gasteiger partial charge >= 0.3 is 0 Å². The highest BCUT2D eigenvalue weighted by atomic mass is 19.1. The molecule has 4 aromatic rings. The van der Waals surface area contributed by atoms with E-state index in [1.807, 2.05) is 67.6 Å². The average molecular weight is 478 g/mol. The Bertz CT molecular complexity index is 1260. The fourth-order valence-electron chi connectivity index (χ4n) is 3.90. The topological polar surface area (TPSA) is 50.5 Å². The summed E-state index contributed by atoms with van der Waals surface area (Å²) in [6.07, 6.45) is -0.679. The van der Waals surface area contributed by atoms with Crippen LogP contribution in [0.25, 0.3) is 5.69 Å². The number of halogens is 2. The summed E-state index contributed by atoms with van der Waals surface area (Å²) < 4.78 is 35.7. The molecule has 0 amide bonds. The summed E-state index contributed by atoms with van der Waals surface area (Å²) in [5.74, 6) is -1.22. The molecule has 5 nitrogen and oxygen atoms in total. The van der Waals surface area contributed by atoms with Crippen molar-refractivity contribution in [3.8, 4) is 17.3 Å². The molecule has 7 heteroatoms. The maximum absolute atomic E-state index is 14.5. The van der Waals surface area contributed by atoms with Gasteiger partial charge in [-0.15, -0.1) is 0 Å². The Kier molecular flexibility index (Phi) is 7.58. The Morgan fingerprint density at radius 1 is 0.971 bits per heavy atom. The van der Waals surface area contributed by atoms with Gasteiger partial charge in [-0.3, -0.25) is 4.90 Å². The monoisotopic (exact) mass is 477 g/mol. The third kappa shape index (κ3) is 5.75. The summed E-state index contributed by atoms with van der Waals surface area (Å²) in [7, 11) is 0. The Hall–Kier alpha value is -3.55. The lowest BCUT2D eigenvalue weighted by atomic mass is 10.1. The predicted molar refractivity (Wildman–Crippen MR) is 132 cm³/mol. The minimum Gasteiger partial charge on any atom is -0.435 e. The molecule has 4 rings (SSSR count). The molecule has 0 spiro atoms. The van der Waals surface area contributed by atoms with Gasteiger partial charge in [-0.2, -0.15) is 5.10 Å². The van der Waals surface area contributed by atoms with Gasteiger partial charge in [-0.05, 0) is 50.6 Å². The normalized spacial score (nSPS) is 12.3. The molecule has 0 fully saturated rings. The second-order valence-corrected chi connectivity index (χ2v) is 8.74. The van der Waals surface area contributed by atoms with Crippen molar-refractivity contribution in [1.82, 2.24) is 14.7 Å². The van der Waals surface area contributed by atoms with E-state index in [9.17, 15) is 13.9 Å². The van der Waals surface area contributed by atoms with Crippen molar-refractivity contribution in [2.75, 3.05) is 6.54 Å². The summed E-state index contributed by atoms with van der Waals surface area (Å²) >= 11 is 0. The third-order valence-corrected chi connectivity index (χ3v) is 5.92. The smallest absolute Gasteiger partial charge is 0.227 e. The number of nitrogens with zero attached hydrogens (tertiary/aromatic N) is 3. The highest BCUT2D eigenvalue weighted by molar-refractivity contribution is 5.43. The van der Waals surface area contributed by atoms with E-state index >= 15 is 0 Å². The first kappa shape index (κ1) is 24.6. The molecular formula is C28H29F2N3O2. The highest BCUT2D eigenvalue weighted by Gasteiger charge is 2.25. The number of ether oxygens (including phenoxy) is 1. The number of benzene rings is 3. The Morgan fingerprint density at radius 2 is 1.63 bits per heavy atom. The van der Waals surface area contributed by atoms with Crippen LogP contribution in [0.2, 0.25) is 0 Å². The molecule has 0 saturated carbocycles. The lowest BCUT2D eigenvalue weighted by Gasteiger charge is -2.29. The first-order chi connectivity index (χ1) is 16.8. The predicted octanol–water partition coefficient (Wildman–Crippen LogP) is 6.20. The van der Waals surface area contributed by atoms with Gasteiger partial charge in [0.25, 0.3) is 0 Å². The van der Waals surface area contributed by atoms with Crippen LogP contribution in [-0.4, -0.2) is 32.4 Å². The molecule has 35 heavy (non-hydrogen) atoms. The highest BCUT2D eigenvalue weighted by Crippen LogP contribution is 2.33. The summed E-state index contributed by atoms with van der Waals surface area (Å²) in [5.41, 5.74) is 3.05. The Labute approximate surface area is 204 Å². The number of para-hydroxylation sites is 1. The first-order valence-corrected chi connectivity index (χ1v) is 11.6. The standard InChI is InChI=1S/C28H29F2N3O2/c1-19(2)32(18-26(34)21-10-6-4-7-11-21)17-24-20(3)31-33(23-12-8-5-9-13-23)28(24)35-27-15-14-22(29)16-25(27)30/h4-16,19,26,34H,17-18H2,1-3H3/t26-/m1/s1. The second kappa shape index (κ2) is 10.8. The Morgan fingerprint density at radius 3 is 2.26 bits per heavy atom. The number of hydrogen-bond acceptors (Lipinski definition) is 4.